The van der Waals surface area contributed by atoms with E-state index in [9.17, 15) is 9.90 Å². The Bertz CT molecular complexity index is 245. The van der Waals surface area contributed by atoms with Crippen LogP contribution in [0.4, 0.5) is 0 Å². The highest BCUT2D eigenvalue weighted by Gasteiger charge is 2.47. The van der Waals surface area contributed by atoms with E-state index >= 15 is 0 Å². The molecule has 0 amide bonds. The van der Waals surface area contributed by atoms with Gasteiger partial charge >= 0.3 is 0 Å². The minimum Gasteiger partial charge on any atom is -0.381 e. The van der Waals surface area contributed by atoms with Crippen LogP contribution in [0.3, 0.4) is 0 Å². The Balaban J connectivity index is 2.94. The quantitative estimate of drug-likeness (QED) is 0.540. The lowest BCUT2D eigenvalue weighted by Gasteiger charge is -2.35. The maximum absolute atomic E-state index is 10.8. The summed E-state index contributed by atoms with van der Waals surface area (Å²) in [4.78, 5) is 10.8. The number of rotatable bonds is 2. The molecule has 0 aromatic rings. The monoisotopic (exact) mass is 195 g/mol. The Morgan fingerprint density at radius 3 is 2.21 bits per heavy atom. The molecule has 0 aliphatic heterocycles. The van der Waals surface area contributed by atoms with Crippen LogP contribution in [-0.4, -0.2) is 17.0 Å². The molecule has 14 heavy (non-hydrogen) atoms. The lowest BCUT2D eigenvalue weighted by Crippen LogP contribution is -2.46. The highest BCUT2D eigenvalue weighted by atomic mass is 16.3. The standard InChI is InChI=1S/C11H17NO2/c1-10(14,9-13)11(8-12)6-4-2-3-5-7-11/h9,14H,2-7H2,1H3. The van der Waals surface area contributed by atoms with Crippen molar-refractivity contribution in [1.82, 2.24) is 0 Å². The van der Waals surface area contributed by atoms with E-state index in [2.05, 4.69) is 6.07 Å². The molecule has 1 unspecified atom stereocenters. The molecule has 0 aromatic carbocycles. The average Bonchev–Trinajstić information content (AvgIpc) is 2.43. The van der Waals surface area contributed by atoms with E-state index in [1.807, 2.05) is 0 Å². The zero-order valence-corrected chi connectivity index (χ0v) is 8.62. The number of carbonyl (C=O) groups is 1. The van der Waals surface area contributed by atoms with Crippen molar-refractivity contribution in [3.05, 3.63) is 0 Å². The molecule has 0 heterocycles. The Morgan fingerprint density at radius 2 is 1.86 bits per heavy atom. The number of aliphatic hydroxyl groups is 1. The highest BCUT2D eigenvalue weighted by Crippen LogP contribution is 2.42. The molecule has 0 radical (unpaired) electrons. The van der Waals surface area contributed by atoms with Gasteiger partial charge in [0, 0.05) is 0 Å². The van der Waals surface area contributed by atoms with Crippen LogP contribution in [0.15, 0.2) is 0 Å². The number of aldehydes is 1. The Morgan fingerprint density at radius 1 is 1.36 bits per heavy atom. The topological polar surface area (TPSA) is 61.1 Å². The average molecular weight is 195 g/mol. The van der Waals surface area contributed by atoms with Gasteiger partial charge < -0.3 is 9.90 Å². The lowest BCUT2D eigenvalue weighted by molar-refractivity contribution is -0.133. The van der Waals surface area contributed by atoms with Crippen LogP contribution in [-0.2, 0) is 4.79 Å². The Labute approximate surface area is 84.7 Å². The summed E-state index contributed by atoms with van der Waals surface area (Å²) in [5.74, 6) is 0. The van der Waals surface area contributed by atoms with Gasteiger partial charge in [-0.1, -0.05) is 25.7 Å². The first kappa shape index (κ1) is 11.2. The summed E-state index contributed by atoms with van der Waals surface area (Å²) >= 11 is 0. The van der Waals surface area contributed by atoms with Gasteiger partial charge in [0.05, 0.1) is 11.5 Å². The van der Waals surface area contributed by atoms with E-state index in [0.717, 1.165) is 25.7 Å². The maximum atomic E-state index is 10.8. The van der Waals surface area contributed by atoms with E-state index in [4.69, 9.17) is 5.26 Å². The van der Waals surface area contributed by atoms with Gasteiger partial charge in [0.25, 0.3) is 0 Å². The van der Waals surface area contributed by atoms with Crippen molar-refractivity contribution in [2.45, 2.75) is 51.0 Å². The number of hydrogen-bond donors (Lipinski definition) is 1. The summed E-state index contributed by atoms with van der Waals surface area (Å²) in [5, 5.41) is 19.1. The summed E-state index contributed by atoms with van der Waals surface area (Å²) in [6.45, 7) is 1.45. The minimum absolute atomic E-state index is 0.515. The second kappa shape index (κ2) is 4.10. The summed E-state index contributed by atoms with van der Waals surface area (Å²) < 4.78 is 0. The van der Waals surface area contributed by atoms with Gasteiger partial charge in [-0.2, -0.15) is 5.26 Å². The number of nitrogens with zero attached hydrogens (tertiary/aromatic N) is 1. The van der Waals surface area contributed by atoms with Crippen LogP contribution in [0.1, 0.15) is 45.4 Å². The first-order valence-corrected chi connectivity index (χ1v) is 5.18. The van der Waals surface area contributed by atoms with Crippen molar-refractivity contribution in [1.29, 1.82) is 5.26 Å². The van der Waals surface area contributed by atoms with Crippen LogP contribution in [0.25, 0.3) is 0 Å². The number of carbonyl (C=O) groups excluding carboxylic acids is 1. The van der Waals surface area contributed by atoms with Gasteiger partial charge in [-0.15, -0.1) is 0 Å². The fraction of sp³-hybridized carbons (Fsp3) is 0.818. The second-order valence-corrected chi connectivity index (χ2v) is 4.37. The van der Waals surface area contributed by atoms with Crippen LogP contribution >= 0.6 is 0 Å². The Kier molecular flexibility index (Phi) is 3.28. The van der Waals surface area contributed by atoms with E-state index in [1.165, 1.54) is 6.92 Å². The molecule has 0 spiro atoms. The Hall–Kier alpha value is -0.880. The molecule has 1 N–H and O–H groups in total. The first-order chi connectivity index (χ1) is 6.58. The highest BCUT2D eigenvalue weighted by molar-refractivity contribution is 5.64. The van der Waals surface area contributed by atoms with Crippen LogP contribution in [0.2, 0.25) is 0 Å². The van der Waals surface area contributed by atoms with Gasteiger partial charge in [-0.25, -0.2) is 0 Å². The fourth-order valence-electron chi connectivity index (χ4n) is 2.18. The fourth-order valence-corrected chi connectivity index (χ4v) is 2.18. The second-order valence-electron chi connectivity index (χ2n) is 4.37. The number of hydrogen-bond acceptors (Lipinski definition) is 3. The molecule has 1 saturated carbocycles. The molecular formula is C11H17NO2. The van der Waals surface area contributed by atoms with Crippen LogP contribution in [0, 0.1) is 16.7 Å². The van der Waals surface area contributed by atoms with Gasteiger partial charge in [0.2, 0.25) is 0 Å². The van der Waals surface area contributed by atoms with E-state index in [1.54, 1.807) is 0 Å². The minimum atomic E-state index is -1.49. The van der Waals surface area contributed by atoms with Gasteiger partial charge in [0.15, 0.2) is 6.29 Å². The molecule has 1 atom stereocenters. The molecule has 0 saturated heterocycles. The molecule has 0 bridgehead atoms. The molecule has 0 aromatic heterocycles. The maximum Gasteiger partial charge on any atom is 0.152 e. The molecular weight excluding hydrogens is 178 g/mol. The van der Waals surface area contributed by atoms with Gasteiger partial charge in [-0.3, -0.25) is 0 Å². The zero-order chi connectivity index (χ0) is 10.7. The third kappa shape index (κ3) is 1.80. The van der Waals surface area contributed by atoms with Crippen LogP contribution in [0.5, 0.6) is 0 Å². The van der Waals surface area contributed by atoms with Gasteiger partial charge in [-0.05, 0) is 19.8 Å². The van der Waals surface area contributed by atoms with Crippen molar-refractivity contribution >= 4 is 6.29 Å². The normalized spacial score (nSPS) is 25.5. The first-order valence-electron chi connectivity index (χ1n) is 5.18. The zero-order valence-electron chi connectivity index (χ0n) is 8.62. The number of nitriles is 1. The van der Waals surface area contributed by atoms with Crippen molar-refractivity contribution in [3.8, 4) is 6.07 Å². The van der Waals surface area contributed by atoms with Crippen molar-refractivity contribution in [3.63, 3.8) is 0 Å². The molecule has 78 valence electrons. The molecule has 3 heteroatoms. The summed E-state index contributed by atoms with van der Waals surface area (Å²) in [7, 11) is 0. The van der Waals surface area contributed by atoms with Crippen molar-refractivity contribution < 1.29 is 9.90 Å². The smallest absolute Gasteiger partial charge is 0.152 e. The van der Waals surface area contributed by atoms with E-state index in [-0.39, 0.29) is 0 Å². The molecule has 3 nitrogen and oxygen atoms in total. The predicted octanol–water partition coefficient (Wildman–Crippen LogP) is 1.80. The van der Waals surface area contributed by atoms with E-state index in [0.29, 0.717) is 19.1 Å². The lowest BCUT2D eigenvalue weighted by atomic mass is 9.69. The van der Waals surface area contributed by atoms with Crippen molar-refractivity contribution in [2.24, 2.45) is 5.41 Å². The SMILES string of the molecule is CC(O)(C=O)C1(C#N)CCCCCC1. The van der Waals surface area contributed by atoms with E-state index < -0.39 is 11.0 Å². The van der Waals surface area contributed by atoms with Gasteiger partial charge in [0.1, 0.15) is 5.60 Å². The van der Waals surface area contributed by atoms with Crippen LogP contribution < -0.4 is 0 Å². The molecule has 1 rings (SSSR count). The summed E-state index contributed by atoms with van der Waals surface area (Å²) in [5.41, 5.74) is -2.35. The molecule has 1 aliphatic rings. The molecule has 1 aliphatic carbocycles. The largest absolute Gasteiger partial charge is 0.381 e. The summed E-state index contributed by atoms with van der Waals surface area (Å²) in [6.07, 6.45) is 5.83. The third-order valence-corrected chi connectivity index (χ3v) is 3.37. The molecule has 1 fully saturated rings. The summed E-state index contributed by atoms with van der Waals surface area (Å²) in [6, 6.07) is 2.17. The third-order valence-electron chi connectivity index (χ3n) is 3.37. The predicted molar refractivity (Wildman–Crippen MR) is 52.4 cm³/mol. The van der Waals surface area contributed by atoms with Crippen molar-refractivity contribution in [2.75, 3.05) is 0 Å².